The number of carboxylic acid groups (broad SMARTS) is 1. The van der Waals surface area contributed by atoms with Crippen LogP contribution in [-0.4, -0.2) is 41.8 Å². The van der Waals surface area contributed by atoms with Crippen molar-refractivity contribution in [3.8, 4) is 11.1 Å². The fourth-order valence-corrected chi connectivity index (χ4v) is 3.83. The van der Waals surface area contributed by atoms with Gasteiger partial charge < -0.3 is 9.84 Å². The molecule has 0 atom stereocenters. The maximum Gasteiger partial charge on any atom is 0.410 e. The topological polar surface area (TPSA) is 66.8 Å². The predicted octanol–water partition coefficient (Wildman–Crippen LogP) is 4.12. The molecule has 0 radical (unpaired) electrons. The largest absolute Gasteiger partial charge is 0.480 e. The van der Waals surface area contributed by atoms with Crippen LogP contribution in [0.25, 0.3) is 11.1 Å². The number of carbonyl (C=O) groups excluding carboxylic acids is 1. The molecule has 27 heavy (non-hydrogen) atoms. The van der Waals surface area contributed by atoms with E-state index >= 15 is 0 Å². The van der Waals surface area contributed by atoms with Crippen LogP contribution < -0.4 is 0 Å². The molecule has 5 nitrogen and oxygen atoms in total. The molecule has 1 fully saturated rings. The highest BCUT2D eigenvalue weighted by atomic mass is 16.6. The quantitative estimate of drug-likeness (QED) is 0.801. The normalized spacial score (nSPS) is 15.1. The molecule has 0 heterocycles. The highest BCUT2D eigenvalue weighted by Gasteiger charge is 2.30. The lowest BCUT2D eigenvalue weighted by atomic mass is 9.98. The van der Waals surface area contributed by atoms with Gasteiger partial charge in [-0.15, -0.1) is 0 Å². The Hall–Kier alpha value is -2.82. The van der Waals surface area contributed by atoms with Gasteiger partial charge in [0.15, 0.2) is 0 Å². The molecule has 2 aromatic carbocycles. The summed E-state index contributed by atoms with van der Waals surface area (Å²) in [6.45, 7) is 0.337. The Bertz CT molecular complexity index is 813. The molecule has 1 N–H and O–H groups in total. The molecule has 1 saturated carbocycles. The number of fused-ring (bicyclic) bond motifs is 3. The predicted molar refractivity (Wildman–Crippen MR) is 102 cm³/mol. The zero-order valence-corrected chi connectivity index (χ0v) is 15.1. The first kappa shape index (κ1) is 17.6. The number of amides is 1. The highest BCUT2D eigenvalue weighted by Crippen LogP contribution is 2.44. The molecule has 140 valence electrons. The van der Waals surface area contributed by atoms with Crippen LogP contribution in [0, 0.1) is 5.92 Å². The van der Waals surface area contributed by atoms with Gasteiger partial charge in [0, 0.05) is 12.5 Å². The summed E-state index contributed by atoms with van der Waals surface area (Å²) in [4.78, 5) is 25.0. The van der Waals surface area contributed by atoms with Gasteiger partial charge in [-0.1, -0.05) is 61.4 Å². The van der Waals surface area contributed by atoms with Gasteiger partial charge in [-0.2, -0.15) is 0 Å². The number of benzene rings is 2. The van der Waals surface area contributed by atoms with Crippen molar-refractivity contribution < 1.29 is 19.4 Å². The van der Waals surface area contributed by atoms with E-state index in [1.807, 2.05) is 24.3 Å². The molecule has 1 amide bonds. The van der Waals surface area contributed by atoms with Crippen LogP contribution in [0.5, 0.6) is 0 Å². The Labute approximate surface area is 158 Å². The standard InChI is InChI=1S/C22H23NO4/c24-21(25)13-23(12-11-15-9-10-15)22(26)27-14-20-18-7-3-1-5-16(18)17-6-2-4-8-19(17)20/h1-8,15,20H,9-14H2,(H,24,25). The first-order valence-electron chi connectivity index (χ1n) is 9.45. The molecule has 2 aromatic rings. The second-order valence-corrected chi connectivity index (χ2v) is 7.35. The molecule has 4 rings (SSSR count). The van der Waals surface area contributed by atoms with E-state index in [2.05, 4.69) is 24.3 Å². The van der Waals surface area contributed by atoms with E-state index < -0.39 is 12.1 Å². The van der Waals surface area contributed by atoms with Crippen LogP contribution in [0.3, 0.4) is 0 Å². The van der Waals surface area contributed by atoms with E-state index in [0.717, 1.165) is 17.5 Å². The monoisotopic (exact) mass is 365 g/mol. The molecular formula is C22H23NO4. The molecule has 5 heteroatoms. The lowest BCUT2D eigenvalue weighted by Crippen LogP contribution is -2.37. The Morgan fingerprint density at radius 1 is 1.00 bits per heavy atom. The van der Waals surface area contributed by atoms with Crippen LogP contribution in [-0.2, 0) is 9.53 Å². The van der Waals surface area contributed by atoms with E-state index in [1.165, 1.54) is 28.9 Å². The van der Waals surface area contributed by atoms with Crippen LogP contribution in [0.4, 0.5) is 4.79 Å². The minimum atomic E-state index is -1.01. The molecular weight excluding hydrogens is 342 g/mol. The van der Waals surface area contributed by atoms with Crippen LogP contribution >= 0.6 is 0 Å². The molecule has 0 aliphatic heterocycles. The molecule has 0 spiro atoms. The smallest absolute Gasteiger partial charge is 0.410 e. The van der Waals surface area contributed by atoms with Crippen molar-refractivity contribution in [2.24, 2.45) is 5.92 Å². The minimum Gasteiger partial charge on any atom is -0.480 e. The third-order valence-corrected chi connectivity index (χ3v) is 5.42. The van der Waals surface area contributed by atoms with Gasteiger partial charge in [-0.3, -0.25) is 9.69 Å². The van der Waals surface area contributed by atoms with Crippen LogP contribution in [0.2, 0.25) is 0 Å². The second kappa shape index (κ2) is 7.43. The van der Waals surface area contributed by atoms with Crippen LogP contribution in [0.15, 0.2) is 48.5 Å². The SMILES string of the molecule is O=C(O)CN(CCC1CC1)C(=O)OCC1c2ccccc2-c2ccccc21. The number of carboxylic acids is 1. The van der Waals surface area contributed by atoms with E-state index in [-0.39, 0.29) is 19.1 Å². The number of hydrogen-bond acceptors (Lipinski definition) is 3. The third kappa shape index (κ3) is 3.82. The average Bonchev–Trinajstić information content (AvgIpc) is 3.45. The summed E-state index contributed by atoms with van der Waals surface area (Å²) in [6, 6.07) is 16.3. The number of ether oxygens (including phenoxy) is 1. The molecule has 2 aliphatic carbocycles. The van der Waals surface area contributed by atoms with Crippen molar-refractivity contribution in [3.05, 3.63) is 59.7 Å². The van der Waals surface area contributed by atoms with Gasteiger partial charge in [-0.25, -0.2) is 4.79 Å². The second-order valence-electron chi connectivity index (χ2n) is 7.35. The van der Waals surface area contributed by atoms with E-state index in [9.17, 15) is 9.59 Å². The third-order valence-electron chi connectivity index (χ3n) is 5.42. The summed E-state index contributed by atoms with van der Waals surface area (Å²) in [7, 11) is 0. The molecule has 0 bridgehead atoms. The van der Waals surface area contributed by atoms with Crippen LogP contribution in [0.1, 0.15) is 36.3 Å². The van der Waals surface area contributed by atoms with E-state index in [1.54, 1.807) is 0 Å². The fraction of sp³-hybridized carbons (Fsp3) is 0.364. The van der Waals surface area contributed by atoms with Gasteiger partial charge in [0.05, 0.1) is 0 Å². The Morgan fingerprint density at radius 3 is 2.15 bits per heavy atom. The summed E-state index contributed by atoms with van der Waals surface area (Å²) < 4.78 is 5.58. The number of aliphatic carboxylic acids is 1. The first-order chi connectivity index (χ1) is 13.1. The molecule has 0 aromatic heterocycles. The maximum atomic E-state index is 12.5. The lowest BCUT2D eigenvalue weighted by Gasteiger charge is -2.22. The van der Waals surface area contributed by atoms with Crippen molar-refractivity contribution >= 4 is 12.1 Å². The van der Waals surface area contributed by atoms with E-state index in [4.69, 9.17) is 9.84 Å². The number of rotatable bonds is 7. The number of carbonyl (C=O) groups is 2. The summed E-state index contributed by atoms with van der Waals surface area (Å²) in [5.41, 5.74) is 4.64. The number of hydrogen-bond donors (Lipinski definition) is 1. The van der Waals surface area contributed by atoms with Crippen molar-refractivity contribution in [2.75, 3.05) is 19.7 Å². The zero-order valence-electron chi connectivity index (χ0n) is 15.1. The number of nitrogens with zero attached hydrogens (tertiary/aromatic N) is 1. The molecule has 0 unspecified atom stereocenters. The van der Waals surface area contributed by atoms with Gasteiger partial charge in [0.2, 0.25) is 0 Å². The van der Waals surface area contributed by atoms with Gasteiger partial charge in [0.1, 0.15) is 13.2 Å². The van der Waals surface area contributed by atoms with E-state index in [0.29, 0.717) is 12.5 Å². The molecule has 2 aliphatic rings. The zero-order chi connectivity index (χ0) is 18.8. The van der Waals surface area contributed by atoms with Gasteiger partial charge in [0.25, 0.3) is 0 Å². The fourth-order valence-electron chi connectivity index (χ4n) is 3.83. The summed E-state index contributed by atoms with van der Waals surface area (Å²) in [6.07, 6.45) is 2.65. The Kier molecular flexibility index (Phi) is 4.84. The minimum absolute atomic E-state index is 0.0172. The summed E-state index contributed by atoms with van der Waals surface area (Å²) >= 11 is 0. The Morgan fingerprint density at radius 2 is 1.59 bits per heavy atom. The lowest BCUT2D eigenvalue weighted by molar-refractivity contribution is -0.138. The average molecular weight is 365 g/mol. The van der Waals surface area contributed by atoms with Crippen molar-refractivity contribution in [1.82, 2.24) is 4.90 Å². The van der Waals surface area contributed by atoms with Crippen molar-refractivity contribution in [3.63, 3.8) is 0 Å². The summed E-state index contributed by atoms with van der Waals surface area (Å²) in [5.74, 6) is -0.404. The van der Waals surface area contributed by atoms with Gasteiger partial charge in [-0.05, 0) is 34.6 Å². The van der Waals surface area contributed by atoms with Crippen molar-refractivity contribution in [2.45, 2.75) is 25.2 Å². The first-order valence-corrected chi connectivity index (χ1v) is 9.45. The Balaban J connectivity index is 1.46. The summed E-state index contributed by atoms with van der Waals surface area (Å²) in [5, 5.41) is 9.10. The maximum absolute atomic E-state index is 12.5. The molecule has 0 saturated heterocycles. The van der Waals surface area contributed by atoms with Crippen molar-refractivity contribution in [1.29, 1.82) is 0 Å². The highest BCUT2D eigenvalue weighted by molar-refractivity contribution is 5.79. The van der Waals surface area contributed by atoms with Gasteiger partial charge >= 0.3 is 12.1 Å².